The molecule has 3 aromatic rings. The molecule has 0 saturated carbocycles. The van der Waals surface area contributed by atoms with Gasteiger partial charge in [0, 0.05) is 17.2 Å². The molecule has 6 nitrogen and oxygen atoms in total. The maximum atomic E-state index is 12.8. The van der Waals surface area contributed by atoms with E-state index >= 15 is 0 Å². The molecule has 0 bridgehead atoms. The third-order valence-corrected chi connectivity index (χ3v) is 5.21. The van der Waals surface area contributed by atoms with Crippen molar-refractivity contribution in [3.05, 3.63) is 52.5 Å². The Kier molecular flexibility index (Phi) is 3.77. The molecule has 136 valence electrons. The minimum absolute atomic E-state index is 0.0755. The van der Waals surface area contributed by atoms with Crippen LogP contribution in [0.4, 0.5) is 0 Å². The van der Waals surface area contributed by atoms with Gasteiger partial charge < -0.3 is 9.15 Å². The van der Waals surface area contributed by atoms with E-state index < -0.39 is 0 Å². The van der Waals surface area contributed by atoms with Gasteiger partial charge in [-0.2, -0.15) is 0 Å². The van der Waals surface area contributed by atoms with E-state index in [1.165, 1.54) is 4.90 Å². The first kappa shape index (κ1) is 16.5. The predicted molar refractivity (Wildman–Crippen MR) is 98.8 cm³/mol. The number of imide groups is 1. The van der Waals surface area contributed by atoms with Crippen LogP contribution in [-0.4, -0.2) is 41.0 Å². The zero-order chi connectivity index (χ0) is 18.5. The molecule has 2 aliphatic heterocycles. The van der Waals surface area contributed by atoms with Gasteiger partial charge in [0.1, 0.15) is 5.52 Å². The SMILES string of the molecule is O=C1c2ccc(-c3nc4cc(Cl)ccc4o3)cc2C(=O)N1C[C@H]1CCCO1. The predicted octanol–water partition coefficient (Wildman–Crippen LogP) is 3.92. The first-order valence-electron chi connectivity index (χ1n) is 8.78. The third-order valence-electron chi connectivity index (χ3n) is 4.98. The van der Waals surface area contributed by atoms with Crippen LogP contribution in [0, 0.1) is 0 Å². The van der Waals surface area contributed by atoms with Crippen LogP contribution in [0.25, 0.3) is 22.6 Å². The normalized spacial score (nSPS) is 19.3. The first-order valence-corrected chi connectivity index (χ1v) is 9.16. The van der Waals surface area contributed by atoms with Gasteiger partial charge in [-0.1, -0.05) is 11.6 Å². The molecule has 0 radical (unpaired) electrons. The maximum Gasteiger partial charge on any atom is 0.261 e. The van der Waals surface area contributed by atoms with Gasteiger partial charge in [-0.25, -0.2) is 4.98 Å². The van der Waals surface area contributed by atoms with Crippen LogP contribution >= 0.6 is 11.6 Å². The lowest BCUT2D eigenvalue weighted by Gasteiger charge is -2.17. The maximum absolute atomic E-state index is 12.8. The summed E-state index contributed by atoms with van der Waals surface area (Å²) in [7, 11) is 0. The number of amides is 2. The van der Waals surface area contributed by atoms with Gasteiger partial charge >= 0.3 is 0 Å². The number of ether oxygens (including phenoxy) is 1. The highest BCUT2D eigenvalue weighted by molar-refractivity contribution is 6.31. The fraction of sp³-hybridized carbons (Fsp3) is 0.250. The van der Waals surface area contributed by atoms with Crippen LogP contribution in [0.5, 0.6) is 0 Å². The summed E-state index contributed by atoms with van der Waals surface area (Å²) >= 11 is 5.99. The van der Waals surface area contributed by atoms with E-state index in [0.717, 1.165) is 12.8 Å². The largest absolute Gasteiger partial charge is 0.436 e. The highest BCUT2D eigenvalue weighted by atomic mass is 35.5. The monoisotopic (exact) mass is 382 g/mol. The Labute approximate surface area is 159 Å². The van der Waals surface area contributed by atoms with Crippen LogP contribution in [0.15, 0.2) is 40.8 Å². The molecule has 0 N–H and O–H groups in total. The fourth-order valence-electron chi connectivity index (χ4n) is 3.61. The van der Waals surface area contributed by atoms with Crippen LogP contribution in [0.3, 0.4) is 0 Å². The molecule has 3 heterocycles. The Morgan fingerprint density at radius 1 is 1.11 bits per heavy atom. The lowest BCUT2D eigenvalue weighted by atomic mass is 10.1. The molecule has 0 spiro atoms. The lowest BCUT2D eigenvalue weighted by molar-refractivity contribution is 0.0475. The summed E-state index contributed by atoms with van der Waals surface area (Å²) in [6.45, 7) is 0.975. The second-order valence-corrected chi connectivity index (χ2v) is 7.18. The summed E-state index contributed by atoms with van der Waals surface area (Å²) in [5.74, 6) is -0.194. The van der Waals surface area contributed by atoms with E-state index in [9.17, 15) is 9.59 Å². The van der Waals surface area contributed by atoms with Crippen molar-refractivity contribution < 1.29 is 18.7 Å². The molecule has 1 fully saturated rings. The topological polar surface area (TPSA) is 72.6 Å². The van der Waals surface area contributed by atoms with Gasteiger partial charge in [-0.3, -0.25) is 14.5 Å². The Morgan fingerprint density at radius 2 is 1.96 bits per heavy atom. The Morgan fingerprint density at radius 3 is 2.78 bits per heavy atom. The quantitative estimate of drug-likeness (QED) is 0.642. The van der Waals surface area contributed by atoms with Crippen molar-refractivity contribution in [3.8, 4) is 11.5 Å². The summed E-state index contributed by atoms with van der Waals surface area (Å²) in [6.07, 6.45) is 1.75. The average molecular weight is 383 g/mol. The molecule has 5 rings (SSSR count). The number of hydrogen-bond acceptors (Lipinski definition) is 5. The zero-order valence-electron chi connectivity index (χ0n) is 14.3. The van der Waals surface area contributed by atoms with Crippen molar-refractivity contribution in [2.75, 3.05) is 13.2 Å². The Hall–Kier alpha value is -2.70. The van der Waals surface area contributed by atoms with E-state index in [2.05, 4.69) is 4.98 Å². The third kappa shape index (κ3) is 2.72. The fourth-order valence-corrected chi connectivity index (χ4v) is 3.77. The molecule has 1 atom stereocenters. The zero-order valence-corrected chi connectivity index (χ0v) is 15.0. The smallest absolute Gasteiger partial charge is 0.261 e. The van der Waals surface area contributed by atoms with Gasteiger partial charge in [-0.15, -0.1) is 0 Å². The van der Waals surface area contributed by atoms with Crippen molar-refractivity contribution in [3.63, 3.8) is 0 Å². The number of benzene rings is 2. The average Bonchev–Trinajstić information content (AvgIpc) is 3.37. The highest BCUT2D eigenvalue weighted by Crippen LogP contribution is 2.31. The molecule has 1 saturated heterocycles. The van der Waals surface area contributed by atoms with Crippen molar-refractivity contribution in [1.29, 1.82) is 0 Å². The van der Waals surface area contributed by atoms with Crippen LogP contribution in [0.1, 0.15) is 33.6 Å². The van der Waals surface area contributed by atoms with E-state index in [1.807, 2.05) is 0 Å². The van der Waals surface area contributed by atoms with E-state index in [0.29, 0.717) is 51.9 Å². The molecule has 2 aliphatic rings. The minimum Gasteiger partial charge on any atom is -0.436 e. The van der Waals surface area contributed by atoms with Crippen LogP contribution < -0.4 is 0 Å². The standard InChI is InChI=1S/C20H15ClN2O4/c21-12-4-6-17-16(9-12)22-18(27-17)11-3-5-14-15(8-11)20(25)23(19(14)24)10-13-2-1-7-26-13/h3-6,8-9,13H,1-2,7,10H2/t13-/m1/s1. The van der Waals surface area contributed by atoms with Gasteiger partial charge in [0.25, 0.3) is 11.8 Å². The van der Waals surface area contributed by atoms with E-state index in [-0.39, 0.29) is 17.9 Å². The molecule has 7 heteroatoms. The van der Waals surface area contributed by atoms with Crippen molar-refractivity contribution >= 4 is 34.5 Å². The number of halogens is 1. The van der Waals surface area contributed by atoms with Gasteiger partial charge in [0.05, 0.1) is 23.8 Å². The Balaban J connectivity index is 1.49. The van der Waals surface area contributed by atoms with E-state index in [1.54, 1.807) is 36.4 Å². The minimum atomic E-state index is -0.300. The van der Waals surface area contributed by atoms with Crippen molar-refractivity contribution in [2.45, 2.75) is 18.9 Å². The molecule has 27 heavy (non-hydrogen) atoms. The van der Waals surface area contributed by atoms with Gasteiger partial charge in [-0.05, 0) is 49.2 Å². The number of oxazole rings is 1. The molecule has 2 aromatic carbocycles. The number of fused-ring (bicyclic) bond motifs is 2. The lowest BCUT2D eigenvalue weighted by Crippen LogP contribution is -2.36. The number of rotatable bonds is 3. The van der Waals surface area contributed by atoms with Gasteiger partial charge in [0.2, 0.25) is 5.89 Å². The van der Waals surface area contributed by atoms with Crippen LogP contribution in [0.2, 0.25) is 5.02 Å². The number of carbonyl (C=O) groups is 2. The number of aromatic nitrogens is 1. The van der Waals surface area contributed by atoms with Crippen molar-refractivity contribution in [1.82, 2.24) is 9.88 Å². The summed E-state index contributed by atoms with van der Waals surface area (Å²) in [4.78, 5) is 31.1. The molecule has 0 aliphatic carbocycles. The summed E-state index contributed by atoms with van der Waals surface area (Å²) < 4.78 is 11.3. The summed E-state index contributed by atoms with van der Waals surface area (Å²) in [6, 6.07) is 10.3. The second kappa shape index (κ2) is 6.18. The van der Waals surface area contributed by atoms with Gasteiger partial charge in [0.15, 0.2) is 5.58 Å². The second-order valence-electron chi connectivity index (χ2n) is 6.75. The highest BCUT2D eigenvalue weighted by Gasteiger charge is 2.37. The Bertz CT molecular complexity index is 1080. The van der Waals surface area contributed by atoms with Crippen LogP contribution in [-0.2, 0) is 4.74 Å². The first-order chi connectivity index (χ1) is 13.1. The number of nitrogens with zero attached hydrogens (tertiary/aromatic N) is 2. The molecule has 0 unspecified atom stereocenters. The molecular formula is C20H15ClN2O4. The number of carbonyl (C=O) groups excluding carboxylic acids is 2. The summed E-state index contributed by atoms with van der Waals surface area (Å²) in [5, 5.41) is 0.571. The molecule has 1 aromatic heterocycles. The molecule has 2 amide bonds. The van der Waals surface area contributed by atoms with Crippen molar-refractivity contribution in [2.24, 2.45) is 0 Å². The van der Waals surface area contributed by atoms with E-state index in [4.69, 9.17) is 20.8 Å². The molecular weight excluding hydrogens is 368 g/mol. The number of hydrogen-bond donors (Lipinski definition) is 0. The summed E-state index contributed by atoms with van der Waals surface area (Å²) in [5.41, 5.74) is 2.66.